The Labute approximate surface area is 128 Å². The van der Waals surface area contributed by atoms with E-state index in [-0.39, 0.29) is 23.1 Å². The normalized spacial score (nSPS) is 21.6. The predicted octanol–water partition coefficient (Wildman–Crippen LogP) is 3.11. The molecule has 0 aromatic rings. The standard InChI is InChI=1S/C15H26BNO2S/c1-5-8-9-11(4)17-13(18)10-12(14(17)19)20-15(16,6-2)7-3/h11-12H,5-10H2,1-4H3/t11-,12?/m1/s1. The molecule has 1 aliphatic rings. The number of rotatable bonds is 8. The van der Waals surface area contributed by atoms with Gasteiger partial charge < -0.3 is 0 Å². The molecular weight excluding hydrogens is 269 g/mol. The van der Waals surface area contributed by atoms with E-state index in [0.29, 0.717) is 6.42 Å². The van der Waals surface area contributed by atoms with E-state index in [1.54, 1.807) is 0 Å². The van der Waals surface area contributed by atoms with Crippen LogP contribution < -0.4 is 0 Å². The van der Waals surface area contributed by atoms with Gasteiger partial charge in [-0.25, -0.2) is 0 Å². The van der Waals surface area contributed by atoms with Crippen LogP contribution in [0.15, 0.2) is 0 Å². The summed E-state index contributed by atoms with van der Waals surface area (Å²) >= 11 is 1.48. The summed E-state index contributed by atoms with van der Waals surface area (Å²) in [7, 11) is 6.27. The number of hydrogen-bond donors (Lipinski definition) is 0. The SMILES string of the molecule is [B]C(CC)(CC)SC1CC(=O)N([C@H](C)CCCC)C1=O. The van der Waals surface area contributed by atoms with Crippen molar-refractivity contribution < 1.29 is 9.59 Å². The summed E-state index contributed by atoms with van der Waals surface area (Å²) in [6.45, 7) is 8.14. The van der Waals surface area contributed by atoms with Crippen molar-refractivity contribution in [2.75, 3.05) is 0 Å². The minimum absolute atomic E-state index is 0.0102. The molecule has 0 saturated carbocycles. The Morgan fingerprint density at radius 2 is 1.95 bits per heavy atom. The smallest absolute Gasteiger partial charge is 0.243 e. The molecule has 1 heterocycles. The number of unbranched alkanes of at least 4 members (excludes halogenated alkanes) is 1. The molecular formula is C15H26BNO2S. The first-order valence-corrected chi connectivity index (χ1v) is 8.59. The average molecular weight is 295 g/mol. The number of thioether (sulfide) groups is 1. The summed E-state index contributed by atoms with van der Waals surface area (Å²) < 4.78 is -0.400. The number of amides is 2. The fourth-order valence-electron chi connectivity index (χ4n) is 2.51. The molecule has 1 aliphatic heterocycles. The van der Waals surface area contributed by atoms with Gasteiger partial charge >= 0.3 is 0 Å². The number of hydrogen-bond acceptors (Lipinski definition) is 3. The Balaban J connectivity index is 2.71. The third-order valence-corrected chi connectivity index (χ3v) is 5.83. The van der Waals surface area contributed by atoms with Gasteiger partial charge in [0.2, 0.25) is 11.8 Å². The zero-order valence-electron chi connectivity index (χ0n) is 13.1. The molecule has 5 heteroatoms. The second kappa shape index (κ2) is 7.53. The third kappa shape index (κ3) is 4.03. The Bertz CT molecular complexity index is 358. The van der Waals surface area contributed by atoms with Crippen LogP contribution >= 0.6 is 11.8 Å². The first-order valence-electron chi connectivity index (χ1n) is 7.71. The number of nitrogens with zero attached hydrogens (tertiary/aromatic N) is 1. The lowest BCUT2D eigenvalue weighted by Crippen LogP contribution is -2.39. The minimum Gasteiger partial charge on any atom is -0.279 e. The summed E-state index contributed by atoms with van der Waals surface area (Å²) in [6, 6.07) is 0.0102. The molecule has 20 heavy (non-hydrogen) atoms. The number of likely N-dealkylation sites (tertiary alicyclic amines) is 1. The van der Waals surface area contributed by atoms with Crippen molar-refractivity contribution in [3.63, 3.8) is 0 Å². The van der Waals surface area contributed by atoms with E-state index in [1.807, 2.05) is 20.8 Å². The Morgan fingerprint density at radius 1 is 1.35 bits per heavy atom. The first kappa shape index (κ1) is 17.6. The highest BCUT2D eigenvalue weighted by Crippen LogP contribution is 2.38. The highest BCUT2D eigenvalue weighted by Gasteiger charge is 2.43. The number of imide groups is 1. The molecule has 112 valence electrons. The van der Waals surface area contributed by atoms with Crippen LogP contribution in [0.3, 0.4) is 0 Å². The molecule has 0 N–H and O–H groups in total. The van der Waals surface area contributed by atoms with E-state index < -0.39 is 4.65 Å². The van der Waals surface area contributed by atoms with Gasteiger partial charge in [0, 0.05) is 12.5 Å². The van der Waals surface area contributed by atoms with Crippen molar-refractivity contribution in [3.8, 4) is 0 Å². The molecule has 3 nitrogen and oxygen atoms in total. The van der Waals surface area contributed by atoms with Crippen LogP contribution in [0.4, 0.5) is 0 Å². The molecule has 2 atom stereocenters. The molecule has 0 aromatic carbocycles. The summed E-state index contributed by atoms with van der Waals surface area (Å²) in [5, 5.41) is -0.295. The maximum absolute atomic E-state index is 12.5. The summed E-state index contributed by atoms with van der Waals surface area (Å²) in [5.41, 5.74) is 0. The lowest BCUT2D eigenvalue weighted by molar-refractivity contribution is -0.140. The zero-order valence-corrected chi connectivity index (χ0v) is 14.0. The van der Waals surface area contributed by atoms with Crippen LogP contribution in [0.5, 0.6) is 0 Å². The van der Waals surface area contributed by atoms with Crippen LogP contribution in [-0.2, 0) is 9.59 Å². The number of carbonyl (C=O) groups excluding carboxylic acids is 2. The van der Waals surface area contributed by atoms with Crippen molar-refractivity contribution >= 4 is 31.4 Å². The second-order valence-corrected chi connectivity index (χ2v) is 7.29. The molecule has 1 saturated heterocycles. The zero-order chi connectivity index (χ0) is 15.3. The first-order chi connectivity index (χ1) is 9.38. The Hall–Kier alpha value is -0.445. The molecule has 0 aromatic heterocycles. The largest absolute Gasteiger partial charge is 0.279 e. The summed E-state index contributed by atoms with van der Waals surface area (Å²) in [4.78, 5) is 26.0. The monoisotopic (exact) mass is 295 g/mol. The highest BCUT2D eigenvalue weighted by molar-refractivity contribution is 8.03. The van der Waals surface area contributed by atoms with E-state index in [4.69, 9.17) is 7.85 Å². The van der Waals surface area contributed by atoms with Crippen molar-refractivity contribution in [2.45, 2.75) is 82.2 Å². The van der Waals surface area contributed by atoms with Crippen LogP contribution in [-0.4, -0.2) is 40.5 Å². The summed E-state index contributed by atoms with van der Waals surface area (Å²) in [5.74, 6) is -0.0778. The second-order valence-electron chi connectivity index (χ2n) is 5.68. The fourth-order valence-corrected chi connectivity index (χ4v) is 3.85. The van der Waals surface area contributed by atoms with Gasteiger partial charge in [-0.3, -0.25) is 14.5 Å². The maximum atomic E-state index is 12.5. The average Bonchev–Trinajstić information content (AvgIpc) is 2.70. The molecule has 0 bridgehead atoms. The highest BCUT2D eigenvalue weighted by atomic mass is 32.2. The van der Waals surface area contributed by atoms with Gasteiger partial charge in [-0.15, -0.1) is 0 Å². The van der Waals surface area contributed by atoms with Crippen molar-refractivity contribution in [1.82, 2.24) is 4.90 Å². The number of carbonyl (C=O) groups is 2. The molecule has 0 spiro atoms. The van der Waals surface area contributed by atoms with E-state index in [9.17, 15) is 9.59 Å². The van der Waals surface area contributed by atoms with Gasteiger partial charge in [-0.05, 0) is 30.8 Å². The lowest BCUT2D eigenvalue weighted by Gasteiger charge is -2.29. The fraction of sp³-hybridized carbons (Fsp3) is 0.867. The van der Waals surface area contributed by atoms with Gasteiger partial charge in [0.1, 0.15) is 0 Å². The minimum atomic E-state index is -0.400. The van der Waals surface area contributed by atoms with Crippen LogP contribution in [0.2, 0.25) is 0 Å². The quantitative estimate of drug-likeness (QED) is 0.510. The van der Waals surface area contributed by atoms with Crippen molar-refractivity contribution in [3.05, 3.63) is 0 Å². The van der Waals surface area contributed by atoms with Gasteiger partial charge in [0.15, 0.2) is 0 Å². The Kier molecular flexibility index (Phi) is 6.63. The van der Waals surface area contributed by atoms with E-state index in [1.165, 1.54) is 16.7 Å². The molecule has 1 unspecified atom stereocenters. The van der Waals surface area contributed by atoms with Gasteiger partial charge in [-0.1, -0.05) is 33.6 Å². The van der Waals surface area contributed by atoms with Crippen LogP contribution in [0.1, 0.15) is 66.2 Å². The van der Waals surface area contributed by atoms with Crippen LogP contribution in [0, 0.1) is 0 Å². The van der Waals surface area contributed by atoms with E-state index in [2.05, 4.69) is 6.92 Å². The third-order valence-electron chi connectivity index (χ3n) is 4.13. The molecule has 2 radical (unpaired) electrons. The molecule has 0 aliphatic carbocycles. The van der Waals surface area contributed by atoms with E-state index >= 15 is 0 Å². The maximum Gasteiger partial charge on any atom is 0.243 e. The van der Waals surface area contributed by atoms with E-state index in [0.717, 1.165) is 32.1 Å². The Morgan fingerprint density at radius 3 is 2.45 bits per heavy atom. The van der Waals surface area contributed by atoms with Gasteiger partial charge in [0.25, 0.3) is 0 Å². The van der Waals surface area contributed by atoms with Crippen LogP contribution in [0.25, 0.3) is 0 Å². The van der Waals surface area contributed by atoms with Crippen molar-refractivity contribution in [1.29, 1.82) is 0 Å². The summed E-state index contributed by atoms with van der Waals surface area (Å²) in [6.07, 6.45) is 4.92. The molecule has 2 amide bonds. The van der Waals surface area contributed by atoms with Gasteiger partial charge in [-0.2, -0.15) is 11.8 Å². The lowest BCUT2D eigenvalue weighted by atomic mass is 9.81. The van der Waals surface area contributed by atoms with Crippen molar-refractivity contribution in [2.24, 2.45) is 0 Å². The topological polar surface area (TPSA) is 37.4 Å². The molecule has 1 fully saturated rings. The predicted molar refractivity (Wildman–Crippen MR) is 85.9 cm³/mol. The van der Waals surface area contributed by atoms with Gasteiger partial charge in [0.05, 0.1) is 13.1 Å². The molecule has 1 rings (SSSR count).